The zero-order chi connectivity index (χ0) is 23.9. The van der Waals surface area contributed by atoms with Gasteiger partial charge in [0.25, 0.3) is 0 Å². The summed E-state index contributed by atoms with van der Waals surface area (Å²) in [7, 11) is 0. The molecule has 2 N–H and O–H groups in total. The smallest absolute Gasteiger partial charge is 0.243 e. The summed E-state index contributed by atoms with van der Waals surface area (Å²) in [5.74, 6) is 1.25. The minimum Gasteiger partial charge on any atom is -0.375 e. The maximum absolute atomic E-state index is 13.4. The van der Waals surface area contributed by atoms with Crippen molar-refractivity contribution in [2.75, 3.05) is 10.2 Å². The van der Waals surface area contributed by atoms with Gasteiger partial charge in [-0.25, -0.2) is 4.98 Å². The number of pyridine rings is 1. The summed E-state index contributed by atoms with van der Waals surface area (Å²) in [5, 5.41) is 8.82. The second-order valence-electron chi connectivity index (χ2n) is 10.4. The van der Waals surface area contributed by atoms with E-state index in [0.29, 0.717) is 22.4 Å². The van der Waals surface area contributed by atoms with Gasteiger partial charge in [-0.2, -0.15) is 0 Å². The highest BCUT2D eigenvalue weighted by molar-refractivity contribution is 7.16. The molecule has 4 aliphatic carbocycles. The Morgan fingerprint density at radius 1 is 1.29 bits per heavy atom. The number of amides is 2. The Morgan fingerprint density at radius 3 is 2.68 bits per heavy atom. The number of hydrogen-bond donors (Lipinski definition) is 2. The molecule has 4 fully saturated rings. The highest BCUT2D eigenvalue weighted by Crippen LogP contribution is 2.57. The lowest BCUT2D eigenvalue weighted by atomic mass is 9.50. The van der Waals surface area contributed by atoms with Crippen LogP contribution in [0.3, 0.4) is 0 Å². The molecule has 2 heterocycles. The van der Waals surface area contributed by atoms with Crippen molar-refractivity contribution < 1.29 is 9.59 Å². The number of thiazole rings is 1. The van der Waals surface area contributed by atoms with Crippen LogP contribution in [0.2, 0.25) is 5.02 Å². The molecule has 0 aliphatic heterocycles. The van der Waals surface area contributed by atoms with Crippen molar-refractivity contribution in [3.8, 4) is 0 Å². The summed E-state index contributed by atoms with van der Waals surface area (Å²) >= 11 is 7.55. The van der Waals surface area contributed by atoms with Crippen LogP contribution in [0.15, 0.2) is 18.5 Å². The average molecular weight is 502 g/mol. The van der Waals surface area contributed by atoms with E-state index in [1.165, 1.54) is 24.2 Å². The van der Waals surface area contributed by atoms with Gasteiger partial charge in [0, 0.05) is 11.7 Å². The zero-order valence-corrected chi connectivity index (χ0v) is 21.3. The molecule has 34 heavy (non-hydrogen) atoms. The average Bonchev–Trinajstić information content (AvgIpc) is 3.44. The van der Waals surface area contributed by atoms with Gasteiger partial charge in [0.15, 0.2) is 0 Å². The maximum atomic E-state index is 13.4. The van der Waals surface area contributed by atoms with Crippen molar-refractivity contribution in [2.24, 2.45) is 11.8 Å². The number of anilines is 2. The second-order valence-corrected chi connectivity index (χ2v) is 11.8. The summed E-state index contributed by atoms with van der Waals surface area (Å²) in [6, 6.07) is 1.25. The minimum atomic E-state index is -0.495. The Kier molecular flexibility index (Phi) is 6.55. The molecule has 2 aromatic rings. The lowest BCUT2D eigenvalue weighted by molar-refractivity contribution is -0.135. The van der Waals surface area contributed by atoms with Gasteiger partial charge in [0.2, 0.25) is 12.3 Å². The Hall–Kier alpha value is -2.19. The van der Waals surface area contributed by atoms with Gasteiger partial charge in [-0.15, -0.1) is 0 Å². The Bertz CT molecular complexity index is 1050. The van der Waals surface area contributed by atoms with Crippen molar-refractivity contribution in [1.29, 1.82) is 0 Å². The molecular formula is C25H32ClN5O2S. The Balaban J connectivity index is 1.33. The molecule has 9 heteroatoms. The fourth-order valence-corrected chi connectivity index (χ4v) is 6.81. The SMILES string of the molecule is Cc1ncc(Cl)cc1N[C@@H](C)c1ncc(N(C=O)[C@@H](CC2CCCC2)C(=O)NC23CC(C2)C3)s1. The van der Waals surface area contributed by atoms with Crippen LogP contribution in [0.4, 0.5) is 10.7 Å². The van der Waals surface area contributed by atoms with E-state index in [1.54, 1.807) is 17.3 Å². The maximum Gasteiger partial charge on any atom is 0.243 e. The van der Waals surface area contributed by atoms with Crippen LogP contribution < -0.4 is 15.5 Å². The van der Waals surface area contributed by atoms with Crippen molar-refractivity contribution >= 4 is 45.9 Å². The van der Waals surface area contributed by atoms with Gasteiger partial charge < -0.3 is 10.6 Å². The third-order valence-electron chi connectivity index (χ3n) is 7.77. The molecule has 182 valence electrons. The topological polar surface area (TPSA) is 87.2 Å². The number of carbonyl (C=O) groups excluding carboxylic acids is 2. The van der Waals surface area contributed by atoms with E-state index in [2.05, 4.69) is 20.6 Å². The lowest BCUT2D eigenvalue weighted by Gasteiger charge is -2.62. The number of halogens is 1. The van der Waals surface area contributed by atoms with Crippen LogP contribution in [0, 0.1) is 18.8 Å². The van der Waals surface area contributed by atoms with Crippen molar-refractivity contribution in [2.45, 2.75) is 82.8 Å². The molecule has 6 rings (SSSR count). The van der Waals surface area contributed by atoms with Crippen LogP contribution in [-0.2, 0) is 9.59 Å². The van der Waals surface area contributed by atoms with Crippen molar-refractivity contribution in [3.63, 3.8) is 0 Å². The molecule has 2 aromatic heterocycles. The quantitative estimate of drug-likeness (QED) is 0.434. The molecule has 2 amide bonds. The predicted molar refractivity (Wildman–Crippen MR) is 135 cm³/mol. The fraction of sp³-hybridized carbons (Fsp3) is 0.600. The number of nitrogens with zero attached hydrogens (tertiary/aromatic N) is 3. The number of aromatic nitrogens is 2. The molecule has 2 bridgehead atoms. The van der Waals surface area contributed by atoms with Crippen LogP contribution in [0.25, 0.3) is 0 Å². The highest BCUT2D eigenvalue weighted by Gasteiger charge is 2.57. The molecule has 0 saturated heterocycles. The molecule has 0 aromatic carbocycles. The van der Waals surface area contributed by atoms with Crippen LogP contribution in [0.5, 0.6) is 0 Å². The second kappa shape index (κ2) is 9.46. The van der Waals surface area contributed by atoms with Gasteiger partial charge in [-0.3, -0.25) is 19.5 Å². The first-order valence-electron chi connectivity index (χ1n) is 12.3. The summed E-state index contributed by atoms with van der Waals surface area (Å²) in [6.45, 7) is 3.94. The largest absolute Gasteiger partial charge is 0.375 e. The molecule has 0 radical (unpaired) electrons. The zero-order valence-electron chi connectivity index (χ0n) is 19.7. The molecule has 4 aliphatic rings. The van der Waals surface area contributed by atoms with Gasteiger partial charge in [0.1, 0.15) is 16.1 Å². The number of rotatable bonds is 10. The molecule has 7 nitrogen and oxygen atoms in total. The normalized spacial score (nSPS) is 25.1. The van der Waals surface area contributed by atoms with E-state index >= 15 is 0 Å². The molecule has 0 unspecified atom stereocenters. The summed E-state index contributed by atoms with van der Waals surface area (Å²) < 4.78 is 0. The van der Waals surface area contributed by atoms with E-state index < -0.39 is 6.04 Å². The van der Waals surface area contributed by atoms with Gasteiger partial charge in [-0.05, 0) is 57.4 Å². The van der Waals surface area contributed by atoms with Crippen LogP contribution in [-0.4, -0.2) is 33.9 Å². The standard InChI is InChI=1S/C25H32ClN5O2S/c1-15-20(8-19(26)12-27-15)29-16(2)24-28-13-22(34-24)31(14-32)21(7-17-5-3-4-6-17)23(33)30-25-9-18(10-25)11-25/h8,12-14,16-18,21,29H,3-7,9-11H2,1-2H3,(H,30,33)/t16-,18?,21-,25?/m0/s1. The predicted octanol–water partition coefficient (Wildman–Crippen LogP) is 5.25. The van der Waals surface area contributed by atoms with E-state index in [0.717, 1.165) is 60.8 Å². The summed E-state index contributed by atoms with van der Waals surface area (Å²) in [4.78, 5) is 36.2. The number of nitrogens with one attached hydrogen (secondary N) is 2. The first-order chi connectivity index (χ1) is 16.4. The third kappa shape index (κ3) is 4.67. The Morgan fingerprint density at radius 2 is 2.03 bits per heavy atom. The Labute approximate surface area is 209 Å². The van der Waals surface area contributed by atoms with Gasteiger partial charge >= 0.3 is 0 Å². The van der Waals surface area contributed by atoms with E-state index in [1.807, 2.05) is 19.9 Å². The molecule has 2 atom stereocenters. The number of aryl methyl sites for hydroxylation is 1. The van der Waals surface area contributed by atoms with E-state index in [9.17, 15) is 9.59 Å². The van der Waals surface area contributed by atoms with E-state index in [4.69, 9.17) is 11.6 Å². The van der Waals surface area contributed by atoms with E-state index in [-0.39, 0.29) is 17.5 Å². The van der Waals surface area contributed by atoms with Gasteiger partial charge in [-0.1, -0.05) is 48.6 Å². The van der Waals surface area contributed by atoms with Crippen molar-refractivity contribution in [3.05, 3.63) is 34.2 Å². The summed E-state index contributed by atoms with van der Waals surface area (Å²) in [5.41, 5.74) is 1.69. The highest BCUT2D eigenvalue weighted by atomic mass is 35.5. The fourth-order valence-electron chi connectivity index (χ4n) is 5.71. The molecule has 0 spiro atoms. The van der Waals surface area contributed by atoms with Gasteiger partial charge in [0.05, 0.1) is 28.6 Å². The minimum absolute atomic E-state index is 0.00955. The monoisotopic (exact) mass is 501 g/mol. The lowest BCUT2D eigenvalue weighted by Crippen LogP contribution is -2.70. The number of hydrogen-bond acceptors (Lipinski definition) is 6. The van der Waals surface area contributed by atoms with Crippen LogP contribution in [0.1, 0.15) is 75.0 Å². The molecular weight excluding hydrogens is 470 g/mol. The first-order valence-corrected chi connectivity index (χ1v) is 13.5. The first kappa shape index (κ1) is 23.5. The summed E-state index contributed by atoms with van der Waals surface area (Å²) in [6.07, 6.45) is 12.8. The third-order valence-corrected chi connectivity index (χ3v) is 9.17. The van der Waals surface area contributed by atoms with Crippen LogP contribution >= 0.6 is 22.9 Å². The molecule has 4 saturated carbocycles. The number of carbonyl (C=O) groups is 2. The van der Waals surface area contributed by atoms with Crippen molar-refractivity contribution in [1.82, 2.24) is 15.3 Å².